The van der Waals surface area contributed by atoms with Gasteiger partial charge in [-0.15, -0.1) is 0 Å². The topological polar surface area (TPSA) is 70.7 Å². The zero-order chi connectivity index (χ0) is 21.7. The minimum Gasteiger partial charge on any atom is -0.497 e. The Morgan fingerprint density at radius 2 is 1.70 bits per heavy atom. The van der Waals surface area contributed by atoms with Gasteiger partial charge in [-0.3, -0.25) is 15.0 Å². The molecule has 0 bridgehead atoms. The molecule has 1 fully saturated rings. The van der Waals surface area contributed by atoms with Crippen LogP contribution in [0.1, 0.15) is 24.0 Å². The van der Waals surface area contributed by atoms with Gasteiger partial charge in [-0.1, -0.05) is 12.1 Å². The van der Waals surface area contributed by atoms with E-state index in [-0.39, 0.29) is 12.6 Å². The second-order valence-corrected chi connectivity index (χ2v) is 7.06. The molecule has 160 valence electrons. The van der Waals surface area contributed by atoms with Crippen molar-refractivity contribution in [2.75, 3.05) is 19.0 Å². The SMILES string of the molecule is COc1ccc(NC(=O)NC(=O)CN(Cc2ccc(C(F)(F)F)cc2)C2CC2)cc1. The van der Waals surface area contributed by atoms with E-state index < -0.39 is 23.7 Å². The maximum Gasteiger partial charge on any atom is 0.416 e. The van der Waals surface area contributed by atoms with Gasteiger partial charge >= 0.3 is 12.2 Å². The summed E-state index contributed by atoms with van der Waals surface area (Å²) in [6.07, 6.45) is -2.57. The molecule has 9 heteroatoms. The van der Waals surface area contributed by atoms with Crippen molar-refractivity contribution in [1.82, 2.24) is 10.2 Å². The third-order valence-electron chi connectivity index (χ3n) is 4.68. The van der Waals surface area contributed by atoms with E-state index >= 15 is 0 Å². The summed E-state index contributed by atoms with van der Waals surface area (Å²) in [5, 5.41) is 4.84. The van der Waals surface area contributed by atoms with Crippen LogP contribution in [0.15, 0.2) is 48.5 Å². The molecule has 0 radical (unpaired) electrons. The first kappa shape index (κ1) is 21.6. The molecular weight excluding hydrogens is 399 g/mol. The Labute approximate surface area is 172 Å². The summed E-state index contributed by atoms with van der Waals surface area (Å²) in [6, 6.07) is 11.0. The van der Waals surface area contributed by atoms with E-state index in [1.54, 1.807) is 24.3 Å². The summed E-state index contributed by atoms with van der Waals surface area (Å²) in [6.45, 7) is 0.304. The van der Waals surface area contributed by atoms with Crippen LogP contribution < -0.4 is 15.4 Å². The molecule has 0 aromatic heterocycles. The molecule has 0 heterocycles. The number of alkyl halides is 3. The van der Waals surface area contributed by atoms with Gasteiger partial charge in [0.15, 0.2) is 0 Å². The Bertz CT molecular complexity index is 879. The zero-order valence-corrected chi connectivity index (χ0v) is 16.3. The van der Waals surface area contributed by atoms with Crippen molar-refractivity contribution in [3.8, 4) is 5.75 Å². The van der Waals surface area contributed by atoms with Crippen molar-refractivity contribution in [2.24, 2.45) is 0 Å². The van der Waals surface area contributed by atoms with Gasteiger partial charge in [-0.25, -0.2) is 4.79 Å². The number of carbonyl (C=O) groups excluding carboxylic acids is 2. The molecule has 0 aliphatic heterocycles. The normalized spacial score (nSPS) is 13.8. The third-order valence-corrected chi connectivity index (χ3v) is 4.68. The number of methoxy groups -OCH3 is 1. The molecule has 6 nitrogen and oxygen atoms in total. The van der Waals surface area contributed by atoms with E-state index in [0.717, 1.165) is 25.0 Å². The number of imide groups is 1. The lowest BCUT2D eigenvalue weighted by Crippen LogP contribution is -2.42. The van der Waals surface area contributed by atoms with Crippen molar-refractivity contribution in [2.45, 2.75) is 31.6 Å². The molecule has 2 N–H and O–H groups in total. The second-order valence-electron chi connectivity index (χ2n) is 7.06. The zero-order valence-electron chi connectivity index (χ0n) is 16.3. The predicted molar refractivity (Wildman–Crippen MR) is 105 cm³/mol. The fourth-order valence-corrected chi connectivity index (χ4v) is 2.97. The van der Waals surface area contributed by atoms with Gasteiger partial charge in [0.25, 0.3) is 0 Å². The minimum absolute atomic E-state index is 0.0261. The van der Waals surface area contributed by atoms with Crippen LogP contribution in [0.2, 0.25) is 0 Å². The van der Waals surface area contributed by atoms with Crippen LogP contribution in [-0.4, -0.2) is 36.5 Å². The Balaban J connectivity index is 1.53. The number of carbonyl (C=O) groups is 2. The largest absolute Gasteiger partial charge is 0.497 e. The molecule has 0 saturated heterocycles. The van der Waals surface area contributed by atoms with Crippen LogP contribution in [0.4, 0.5) is 23.7 Å². The molecule has 1 aliphatic rings. The molecule has 30 heavy (non-hydrogen) atoms. The average Bonchev–Trinajstić information content (AvgIpc) is 3.53. The maximum atomic E-state index is 12.7. The van der Waals surface area contributed by atoms with Crippen LogP contribution in [-0.2, 0) is 17.5 Å². The maximum absolute atomic E-state index is 12.7. The third kappa shape index (κ3) is 6.21. The highest BCUT2D eigenvalue weighted by molar-refractivity contribution is 6.01. The average molecular weight is 421 g/mol. The number of hydrogen-bond donors (Lipinski definition) is 2. The molecule has 3 amide bonds. The van der Waals surface area contributed by atoms with Crippen molar-refractivity contribution in [3.05, 3.63) is 59.7 Å². The van der Waals surface area contributed by atoms with E-state index in [4.69, 9.17) is 4.74 Å². The van der Waals surface area contributed by atoms with E-state index in [2.05, 4.69) is 10.6 Å². The Morgan fingerprint density at radius 1 is 1.07 bits per heavy atom. The Morgan fingerprint density at radius 3 is 2.23 bits per heavy atom. The summed E-state index contributed by atoms with van der Waals surface area (Å²) < 4.78 is 43.1. The number of hydrogen-bond acceptors (Lipinski definition) is 4. The summed E-state index contributed by atoms with van der Waals surface area (Å²) >= 11 is 0. The summed E-state index contributed by atoms with van der Waals surface area (Å²) in [4.78, 5) is 26.2. The van der Waals surface area contributed by atoms with Crippen LogP contribution in [0, 0.1) is 0 Å². The van der Waals surface area contributed by atoms with E-state index in [1.165, 1.54) is 19.2 Å². The van der Waals surface area contributed by atoms with Crippen LogP contribution in [0.5, 0.6) is 5.75 Å². The number of rotatable bonds is 7. The minimum atomic E-state index is -4.38. The fraction of sp³-hybridized carbons (Fsp3) is 0.333. The van der Waals surface area contributed by atoms with E-state index in [1.807, 2.05) is 4.90 Å². The molecule has 0 atom stereocenters. The molecule has 0 unspecified atom stereocenters. The van der Waals surface area contributed by atoms with E-state index in [9.17, 15) is 22.8 Å². The number of amides is 3. The first-order valence-electron chi connectivity index (χ1n) is 9.39. The van der Waals surface area contributed by atoms with Gasteiger partial charge in [-0.05, 0) is 54.8 Å². The van der Waals surface area contributed by atoms with Crippen molar-refractivity contribution in [1.29, 1.82) is 0 Å². The lowest BCUT2D eigenvalue weighted by atomic mass is 10.1. The first-order valence-corrected chi connectivity index (χ1v) is 9.39. The first-order chi connectivity index (χ1) is 14.2. The van der Waals surface area contributed by atoms with Gasteiger partial charge in [0.05, 0.1) is 19.2 Å². The van der Waals surface area contributed by atoms with Gasteiger partial charge < -0.3 is 10.1 Å². The molecule has 2 aromatic carbocycles. The summed E-state index contributed by atoms with van der Waals surface area (Å²) in [5.74, 6) is 0.153. The summed E-state index contributed by atoms with van der Waals surface area (Å²) in [7, 11) is 1.53. The van der Waals surface area contributed by atoms with Gasteiger partial charge in [0.1, 0.15) is 5.75 Å². The second kappa shape index (κ2) is 9.17. The highest BCUT2D eigenvalue weighted by atomic mass is 19.4. The lowest BCUT2D eigenvalue weighted by molar-refractivity contribution is -0.137. The number of benzene rings is 2. The lowest BCUT2D eigenvalue weighted by Gasteiger charge is -2.21. The number of anilines is 1. The van der Waals surface area contributed by atoms with Crippen molar-refractivity contribution >= 4 is 17.6 Å². The smallest absolute Gasteiger partial charge is 0.416 e. The standard InChI is InChI=1S/C21H22F3N3O3/c1-30-18-10-6-16(7-11-18)25-20(29)26-19(28)13-27(17-8-9-17)12-14-2-4-15(5-3-14)21(22,23)24/h2-7,10-11,17H,8-9,12-13H2,1H3,(H2,25,26,28,29). The fourth-order valence-electron chi connectivity index (χ4n) is 2.97. The number of ether oxygens (including phenoxy) is 1. The van der Waals surface area contributed by atoms with Gasteiger partial charge in [0.2, 0.25) is 5.91 Å². The molecule has 0 spiro atoms. The Hall–Kier alpha value is -3.07. The Kier molecular flexibility index (Phi) is 6.61. The van der Waals surface area contributed by atoms with Crippen LogP contribution in [0.3, 0.4) is 0 Å². The van der Waals surface area contributed by atoms with Crippen molar-refractivity contribution in [3.63, 3.8) is 0 Å². The predicted octanol–water partition coefficient (Wildman–Crippen LogP) is 4.03. The monoisotopic (exact) mass is 421 g/mol. The molecular formula is C21H22F3N3O3. The van der Waals surface area contributed by atoms with Crippen molar-refractivity contribution < 1.29 is 27.5 Å². The highest BCUT2D eigenvalue weighted by Gasteiger charge is 2.32. The number of nitrogens with zero attached hydrogens (tertiary/aromatic N) is 1. The van der Waals surface area contributed by atoms with Crippen LogP contribution in [0.25, 0.3) is 0 Å². The van der Waals surface area contributed by atoms with E-state index in [0.29, 0.717) is 23.5 Å². The quantitative estimate of drug-likeness (QED) is 0.708. The molecule has 1 aliphatic carbocycles. The highest BCUT2D eigenvalue weighted by Crippen LogP contribution is 2.31. The van der Waals surface area contributed by atoms with Gasteiger partial charge in [-0.2, -0.15) is 13.2 Å². The number of urea groups is 1. The molecule has 1 saturated carbocycles. The van der Waals surface area contributed by atoms with Crippen LogP contribution >= 0.6 is 0 Å². The number of nitrogens with one attached hydrogen (secondary N) is 2. The molecule has 2 aromatic rings. The summed E-state index contributed by atoms with van der Waals surface area (Å²) in [5.41, 5.74) is 0.465. The molecule has 3 rings (SSSR count). The number of halogens is 3. The van der Waals surface area contributed by atoms with Gasteiger partial charge in [0, 0.05) is 18.3 Å².